The number of imidazole rings is 1. The first kappa shape index (κ1) is 16.5. The van der Waals surface area contributed by atoms with Crippen LogP contribution in [0.25, 0.3) is 11.2 Å². The summed E-state index contributed by atoms with van der Waals surface area (Å²) in [7, 11) is 0. The number of rotatable bonds is 5. The first-order valence-electron chi connectivity index (χ1n) is 7.84. The molecule has 2 aromatic heterocycles. The van der Waals surface area contributed by atoms with Crippen molar-refractivity contribution >= 4 is 11.2 Å². The Kier molecular flexibility index (Phi) is 4.55. The summed E-state index contributed by atoms with van der Waals surface area (Å²) in [6.07, 6.45) is 0. The molecular formula is C15H25N5O2. The Bertz CT molecular complexity index is 797. The van der Waals surface area contributed by atoms with E-state index in [0.29, 0.717) is 30.8 Å². The first-order valence-corrected chi connectivity index (χ1v) is 7.84. The lowest BCUT2D eigenvalue weighted by Crippen LogP contribution is -2.40. The first-order chi connectivity index (χ1) is 10.4. The van der Waals surface area contributed by atoms with Crippen LogP contribution < -0.4 is 17.0 Å². The average molecular weight is 307 g/mol. The SMILES string of the molecule is CCn1c(=O)c2c(nc(C(C)C)n2C(C)CN)n(CC)c1=O. The van der Waals surface area contributed by atoms with Gasteiger partial charge in [-0.2, -0.15) is 0 Å². The van der Waals surface area contributed by atoms with Gasteiger partial charge in [0.1, 0.15) is 5.82 Å². The second kappa shape index (κ2) is 6.08. The Morgan fingerprint density at radius 2 is 1.68 bits per heavy atom. The molecule has 122 valence electrons. The van der Waals surface area contributed by atoms with Gasteiger partial charge in [-0.3, -0.25) is 13.9 Å². The zero-order valence-electron chi connectivity index (χ0n) is 14.0. The van der Waals surface area contributed by atoms with E-state index in [1.807, 2.05) is 32.3 Å². The van der Waals surface area contributed by atoms with Crippen molar-refractivity contribution in [3.63, 3.8) is 0 Å². The normalized spacial score (nSPS) is 13.2. The fraction of sp³-hybridized carbons (Fsp3) is 0.667. The Balaban J connectivity index is 3.07. The lowest BCUT2D eigenvalue weighted by molar-refractivity contribution is 0.528. The molecule has 0 aliphatic heterocycles. The molecule has 2 aromatic rings. The van der Waals surface area contributed by atoms with E-state index in [2.05, 4.69) is 4.98 Å². The van der Waals surface area contributed by atoms with Gasteiger partial charge >= 0.3 is 5.69 Å². The molecule has 1 atom stereocenters. The largest absolute Gasteiger partial charge is 0.332 e. The summed E-state index contributed by atoms with van der Waals surface area (Å²) in [5.74, 6) is 0.928. The van der Waals surface area contributed by atoms with Crippen LogP contribution in [0.15, 0.2) is 9.59 Å². The molecule has 0 bridgehead atoms. The van der Waals surface area contributed by atoms with Crippen molar-refractivity contribution in [2.75, 3.05) is 6.54 Å². The average Bonchev–Trinajstić information content (AvgIpc) is 2.88. The molecule has 0 spiro atoms. The second-order valence-electron chi connectivity index (χ2n) is 5.83. The van der Waals surface area contributed by atoms with E-state index >= 15 is 0 Å². The van der Waals surface area contributed by atoms with Gasteiger partial charge in [-0.05, 0) is 20.8 Å². The minimum atomic E-state index is -0.303. The van der Waals surface area contributed by atoms with Gasteiger partial charge in [-0.25, -0.2) is 9.78 Å². The quantitative estimate of drug-likeness (QED) is 0.894. The molecule has 2 N–H and O–H groups in total. The van der Waals surface area contributed by atoms with E-state index < -0.39 is 0 Å². The number of aryl methyl sites for hydroxylation is 1. The van der Waals surface area contributed by atoms with Crippen LogP contribution in [0.4, 0.5) is 0 Å². The summed E-state index contributed by atoms with van der Waals surface area (Å²) in [6, 6.07) is -0.0526. The molecule has 22 heavy (non-hydrogen) atoms. The van der Waals surface area contributed by atoms with Crippen LogP contribution in [0, 0.1) is 0 Å². The third-order valence-corrected chi connectivity index (χ3v) is 4.02. The Hall–Kier alpha value is -1.89. The zero-order chi connectivity index (χ0) is 16.6. The molecule has 0 radical (unpaired) electrons. The van der Waals surface area contributed by atoms with Crippen molar-refractivity contribution in [2.24, 2.45) is 5.73 Å². The standard InChI is InChI=1S/C15H25N5O2/c1-6-18-13-11(14(21)19(7-2)15(18)22)20(10(5)8-16)12(17-13)9(3)4/h9-10H,6-8,16H2,1-5H3. The molecule has 0 aromatic carbocycles. The molecule has 0 aliphatic carbocycles. The summed E-state index contributed by atoms with van der Waals surface area (Å²) in [5.41, 5.74) is 6.17. The van der Waals surface area contributed by atoms with E-state index in [0.717, 1.165) is 5.82 Å². The van der Waals surface area contributed by atoms with Crippen molar-refractivity contribution in [2.45, 2.75) is 59.7 Å². The van der Waals surface area contributed by atoms with E-state index in [4.69, 9.17) is 5.73 Å². The number of hydrogen-bond donors (Lipinski definition) is 1. The summed E-state index contributed by atoms with van der Waals surface area (Å²) in [5, 5.41) is 0. The van der Waals surface area contributed by atoms with Gasteiger partial charge in [-0.1, -0.05) is 13.8 Å². The van der Waals surface area contributed by atoms with Gasteiger partial charge in [0.25, 0.3) is 5.56 Å². The van der Waals surface area contributed by atoms with E-state index in [-0.39, 0.29) is 23.2 Å². The Morgan fingerprint density at radius 1 is 1.09 bits per heavy atom. The third-order valence-electron chi connectivity index (χ3n) is 4.02. The minimum absolute atomic E-state index is 0.0526. The number of nitrogens with two attached hydrogens (primary N) is 1. The lowest BCUT2D eigenvalue weighted by atomic mass is 10.2. The number of aromatic nitrogens is 4. The van der Waals surface area contributed by atoms with Gasteiger partial charge < -0.3 is 10.3 Å². The van der Waals surface area contributed by atoms with Crippen LogP contribution in [0.3, 0.4) is 0 Å². The molecule has 1 unspecified atom stereocenters. The minimum Gasteiger partial charge on any atom is -0.328 e. The number of fused-ring (bicyclic) bond motifs is 1. The summed E-state index contributed by atoms with van der Waals surface area (Å²) in [4.78, 5) is 29.8. The fourth-order valence-corrected chi connectivity index (χ4v) is 2.80. The maximum absolute atomic E-state index is 12.8. The summed E-state index contributed by atoms with van der Waals surface area (Å²) < 4.78 is 4.73. The molecule has 0 fully saturated rings. The van der Waals surface area contributed by atoms with E-state index in [1.165, 1.54) is 4.57 Å². The molecule has 2 heterocycles. The third kappa shape index (κ3) is 2.29. The monoisotopic (exact) mass is 307 g/mol. The summed E-state index contributed by atoms with van der Waals surface area (Å²) >= 11 is 0. The van der Waals surface area contributed by atoms with E-state index in [1.54, 1.807) is 11.5 Å². The topological polar surface area (TPSA) is 87.8 Å². The van der Waals surface area contributed by atoms with Crippen molar-refractivity contribution in [1.29, 1.82) is 0 Å². The number of nitrogens with zero attached hydrogens (tertiary/aromatic N) is 4. The van der Waals surface area contributed by atoms with Gasteiger partial charge in [0.15, 0.2) is 11.2 Å². The van der Waals surface area contributed by atoms with Crippen LogP contribution in [-0.4, -0.2) is 25.2 Å². The van der Waals surface area contributed by atoms with Gasteiger partial charge in [0.2, 0.25) is 0 Å². The fourth-order valence-electron chi connectivity index (χ4n) is 2.80. The molecular weight excluding hydrogens is 282 g/mol. The molecule has 7 nitrogen and oxygen atoms in total. The molecule has 2 rings (SSSR count). The van der Waals surface area contributed by atoms with Crippen molar-refractivity contribution in [3.05, 3.63) is 26.7 Å². The molecule has 0 saturated carbocycles. The van der Waals surface area contributed by atoms with Crippen LogP contribution in [0.5, 0.6) is 0 Å². The predicted octanol–water partition coefficient (Wildman–Crippen LogP) is 1.04. The number of hydrogen-bond acceptors (Lipinski definition) is 4. The predicted molar refractivity (Wildman–Crippen MR) is 87.5 cm³/mol. The highest BCUT2D eigenvalue weighted by Gasteiger charge is 2.24. The highest BCUT2D eigenvalue weighted by molar-refractivity contribution is 5.71. The van der Waals surface area contributed by atoms with E-state index in [9.17, 15) is 9.59 Å². The highest BCUT2D eigenvalue weighted by Crippen LogP contribution is 2.23. The Morgan fingerprint density at radius 3 is 2.14 bits per heavy atom. The molecule has 0 saturated heterocycles. The van der Waals surface area contributed by atoms with Gasteiger partial charge in [0, 0.05) is 31.6 Å². The zero-order valence-corrected chi connectivity index (χ0v) is 14.0. The van der Waals surface area contributed by atoms with Crippen molar-refractivity contribution < 1.29 is 0 Å². The molecule has 7 heteroatoms. The van der Waals surface area contributed by atoms with Gasteiger partial charge in [-0.15, -0.1) is 0 Å². The maximum atomic E-state index is 12.8. The summed E-state index contributed by atoms with van der Waals surface area (Å²) in [6.45, 7) is 10.9. The maximum Gasteiger partial charge on any atom is 0.332 e. The second-order valence-corrected chi connectivity index (χ2v) is 5.83. The Labute approximate surface area is 129 Å². The smallest absolute Gasteiger partial charge is 0.328 e. The molecule has 0 aliphatic rings. The van der Waals surface area contributed by atoms with Crippen LogP contribution in [0.2, 0.25) is 0 Å². The van der Waals surface area contributed by atoms with Gasteiger partial charge in [0.05, 0.1) is 0 Å². The lowest BCUT2D eigenvalue weighted by Gasteiger charge is -2.17. The molecule has 0 amide bonds. The van der Waals surface area contributed by atoms with Crippen LogP contribution >= 0.6 is 0 Å². The highest BCUT2D eigenvalue weighted by atomic mass is 16.2. The van der Waals surface area contributed by atoms with Crippen LogP contribution in [0.1, 0.15) is 52.4 Å². The van der Waals surface area contributed by atoms with Crippen molar-refractivity contribution in [3.8, 4) is 0 Å². The van der Waals surface area contributed by atoms with Crippen LogP contribution in [-0.2, 0) is 13.1 Å². The van der Waals surface area contributed by atoms with Crippen molar-refractivity contribution in [1.82, 2.24) is 18.7 Å².